The fraction of sp³-hybridized carbons (Fsp3) is 0.471. The number of hydrogen-bond acceptors (Lipinski definition) is 2. The molecule has 0 aliphatic carbocycles. The van der Waals surface area contributed by atoms with E-state index in [0.717, 1.165) is 48.7 Å². The van der Waals surface area contributed by atoms with Gasteiger partial charge in [-0.15, -0.1) is 0 Å². The van der Waals surface area contributed by atoms with Crippen molar-refractivity contribution in [3.8, 4) is 0 Å². The van der Waals surface area contributed by atoms with Crippen LogP contribution in [0.2, 0.25) is 0 Å². The molecular weight excluding hydrogens is 264 g/mol. The highest BCUT2D eigenvalue weighted by Crippen LogP contribution is 2.28. The van der Waals surface area contributed by atoms with Gasteiger partial charge in [0.05, 0.1) is 11.1 Å². The molecule has 0 unspecified atom stereocenters. The summed E-state index contributed by atoms with van der Waals surface area (Å²) >= 11 is 0. The topological polar surface area (TPSA) is 68.2 Å². The Morgan fingerprint density at radius 3 is 2.67 bits per heavy atom. The Labute approximate surface area is 125 Å². The van der Waals surface area contributed by atoms with Crippen molar-refractivity contribution in [2.75, 3.05) is 6.54 Å². The van der Waals surface area contributed by atoms with Gasteiger partial charge >= 0.3 is 5.97 Å². The summed E-state index contributed by atoms with van der Waals surface area (Å²) in [7, 11) is 0. The Morgan fingerprint density at radius 1 is 1.33 bits per heavy atom. The molecule has 0 fully saturated rings. The summed E-state index contributed by atoms with van der Waals surface area (Å²) in [6.45, 7) is 5.65. The minimum Gasteiger partial charge on any atom is -0.478 e. The van der Waals surface area contributed by atoms with Gasteiger partial charge in [0.2, 0.25) is 0 Å². The van der Waals surface area contributed by atoms with Gasteiger partial charge in [-0.05, 0) is 55.5 Å². The highest BCUT2D eigenvalue weighted by Gasteiger charge is 2.17. The number of rotatable bonds is 7. The molecule has 4 heteroatoms. The fourth-order valence-electron chi connectivity index (χ4n) is 2.85. The molecule has 2 aromatic rings. The highest BCUT2D eigenvalue weighted by atomic mass is 16.4. The molecule has 0 aliphatic rings. The van der Waals surface area contributed by atoms with Crippen LogP contribution in [-0.4, -0.2) is 22.2 Å². The number of aromatic nitrogens is 1. The minimum atomic E-state index is -0.851. The van der Waals surface area contributed by atoms with Gasteiger partial charge in [0.25, 0.3) is 0 Å². The monoisotopic (exact) mass is 288 g/mol. The van der Waals surface area contributed by atoms with E-state index in [1.165, 1.54) is 5.56 Å². The number of hydrogen-bond donors (Lipinski definition) is 2. The van der Waals surface area contributed by atoms with Gasteiger partial charge in [0.15, 0.2) is 0 Å². The number of benzene rings is 1. The lowest BCUT2D eigenvalue weighted by Crippen LogP contribution is -2.04. The van der Waals surface area contributed by atoms with E-state index < -0.39 is 5.97 Å². The second-order valence-electron chi connectivity index (χ2n) is 5.44. The molecular formula is C17H24N2O2. The molecule has 0 saturated heterocycles. The predicted octanol–water partition coefficient (Wildman–Crippen LogP) is 3.20. The van der Waals surface area contributed by atoms with Gasteiger partial charge < -0.3 is 15.4 Å². The van der Waals surface area contributed by atoms with Crippen LogP contribution in [-0.2, 0) is 19.4 Å². The zero-order chi connectivity index (χ0) is 15.4. The molecule has 2 rings (SSSR count). The van der Waals surface area contributed by atoms with E-state index in [2.05, 4.69) is 30.7 Å². The van der Waals surface area contributed by atoms with E-state index in [-0.39, 0.29) is 0 Å². The number of nitrogens with zero attached hydrogens (tertiary/aromatic N) is 1. The van der Waals surface area contributed by atoms with E-state index in [1.807, 2.05) is 6.07 Å². The van der Waals surface area contributed by atoms with Crippen molar-refractivity contribution in [2.24, 2.45) is 5.73 Å². The Morgan fingerprint density at radius 2 is 2.10 bits per heavy atom. The van der Waals surface area contributed by atoms with Crippen molar-refractivity contribution in [1.29, 1.82) is 0 Å². The lowest BCUT2D eigenvalue weighted by molar-refractivity contribution is 0.0698. The summed E-state index contributed by atoms with van der Waals surface area (Å²) in [6.07, 6.45) is 5.75. The zero-order valence-electron chi connectivity index (χ0n) is 12.9. The first-order valence-electron chi connectivity index (χ1n) is 7.70. The van der Waals surface area contributed by atoms with Crippen LogP contribution in [0, 0.1) is 0 Å². The maximum absolute atomic E-state index is 11.6. The van der Waals surface area contributed by atoms with Crippen molar-refractivity contribution in [2.45, 2.75) is 46.1 Å². The molecule has 1 aromatic carbocycles. The van der Waals surface area contributed by atoms with Crippen molar-refractivity contribution < 1.29 is 9.90 Å². The molecule has 4 nitrogen and oxygen atoms in total. The summed E-state index contributed by atoms with van der Waals surface area (Å²) in [4.78, 5) is 11.6. The first-order valence-corrected chi connectivity index (χ1v) is 7.70. The molecule has 0 radical (unpaired) electrons. The van der Waals surface area contributed by atoms with Gasteiger partial charge in [-0.25, -0.2) is 4.79 Å². The van der Waals surface area contributed by atoms with E-state index in [0.29, 0.717) is 12.1 Å². The van der Waals surface area contributed by atoms with Crippen LogP contribution in [0.4, 0.5) is 0 Å². The van der Waals surface area contributed by atoms with Gasteiger partial charge in [0.1, 0.15) is 0 Å². The van der Waals surface area contributed by atoms with E-state index in [9.17, 15) is 9.90 Å². The maximum Gasteiger partial charge on any atom is 0.337 e. The Hall–Kier alpha value is -1.81. The Kier molecular flexibility index (Phi) is 5.02. The molecule has 1 aromatic heterocycles. The number of carbonyl (C=O) groups is 1. The molecule has 0 amide bonds. The molecule has 1 heterocycles. The third-order valence-corrected chi connectivity index (χ3v) is 3.87. The molecule has 3 N–H and O–H groups in total. The fourth-order valence-corrected chi connectivity index (χ4v) is 2.85. The third kappa shape index (κ3) is 3.10. The summed E-state index contributed by atoms with van der Waals surface area (Å²) in [5.41, 5.74) is 9.17. The molecule has 114 valence electrons. The number of fused-ring (bicyclic) bond motifs is 1. The first-order chi connectivity index (χ1) is 10.1. The molecule has 0 atom stereocenters. The molecule has 0 spiro atoms. The summed E-state index contributed by atoms with van der Waals surface area (Å²) in [6, 6.07) is 3.95. The molecule has 0 bridgehead atoms. The van der Waals surface area contributed by atoms with Crippen LogP contribution < -0.4 is 5.73 Å². The third-order valence-electron chi connectivity index (χ3n) is 3.87. The van der Waals surface area contributed by atoms with Crippen LogP contribution in [0.25, 0.3) is 10.9 Å². The second-order valence-corrected chi connectivity index (χ2v) is 5.44. The number of aryl methyl sites for hydroxylation is 3. The van der Waals surface area contributed by atoms with Crippen LogP contribution >= 0.6 is 0 Å². The van der Waals surface area contributed by atoms with Gasteiger partial charge in [-0.3, -0.25) is 0 Å². The van der Waals surface area contributed by atoms with Gasteiger partial charge in [0, 0.05) is 18.1 Å². The van der Waals surface area contributed by atoms with E-state index >= 15 is 0 Å². The van der Waals surface area contributed by atoms with Crippen molar-refractivity contribution in [1.82, 2.24) is 4.57 Å². The van der Waals surface area contributed by atoms with Crippen LogP contribution in [0.5, 0.6) is 0 Å². The SMILES string of the molecule is CCCn1cc(CCCN)c2cc(CC)cc(C(=O)O)c21. The van der Waals surface area contributed by atoms with Crippen molar-refractivity contribution in [3.63, 3.8) is 0 Å². The minimum absolute atomic E-state index is 0.414. The van der Waals surface area contributed by atoms with E-state index in [4.69, 9.17) is 5.73 Å². The van der Waals surface area contributed by atoms with Crippen LogP contribution in [0.1, 0.15) is 48.2 Å². The van der Waals surface area contributed by atoms with E-state index in [1.54, 1.807) is 0 Å². The number of carboxylic acid groups (broad SMARTS) is 1. The van der Waals surface area contributed by atoms with Crippen LogP contribution in [0.15, 0.2) is 18.3 Å². The standard InChI is InChI=1S/C17H24N2O2/c1-3-8-19-11-13(6-5-7-18)14-9-12(4-2)10-15(16(14)19)17(20)21/h9-11H,3-8,18H2,1-2H3,(H,20,21). The summed E-state index contributed by atoms with van der Waals surface area (Å²) in [5.74, 6) is -0.851. The molecule has 21 heavy (non-hydrogen) atoms. The van der Waals surface area contributed by atoms with Crippen molar-refractivity contribution >= 4 is 16.9 Å². The number of carboxylic acids is 1. The quantitative estimate of drug-likeness (QED) is 0.822. The van der Waals surface area contributed by atoms with Crippen LogP contribution in [0.3, 0.4) is 0 Å². The maximum atomic E-state index is 11.6. The number of aromatic carboxylic acids is 1. The lowest BCUT2D eigenvalue weighted by atomic mass is 10.0. The molecule has 0 saturated carbocycles. The number of nitrogens with two attached hydrogens (primary N) is 1. The highest BCUT2D eigenvalue weighted by molar-refractivity contribution is 6.03. The second kappa shape index (κ2) is 6.76. The Balaban J connectivity index is 2.69. The summed E-state index contributed by atoms with van der Waals surface area (Å²) in [5, 5.41) is 10.6. The average Bonchev–Trinajstić information content (AvgIpc) is 2.82. The molecule has 0 aliphatic heterocycles. The normalized spacial score (nSPS) is 11.2. The Bertz CT molecular complexity index is 644. The van der Waals surface area contributed by atoms with Gasteiger partial charge in [-0.1, -0.05) is 13.8 Å². The largest absolute Gasteiger partial charge is 0.478 e. The smallest absolute Gasteiger partial charge is 0.337 e. The first kappa shape index (κ1) is 15.6. The van der Waals surface area contributed by atoms with Crippen molar-refractivity contribution in [3.05, 3.63) is 35.0 Å². The lowest BCUT2D eigenvalue weighted by Gasteiger charge is -2.08. The summed E-state index contributed by atoms with van der Waals surface area (Å²) < 4.78 is 2.09. The van der Waals surface area contributed by atoms with Gasteiger partial charge in [-0.2, -0.15) is 0 Å². The average molecular weight is 288 g/mol. The predicted molar refractivity (Wildman–Crippen MR) is 85.9 cm³/mol. The zero-order valence-corrected chi connectivity index (χ0v) is 12.9.